The molecule has 160 valence electrons. The Balaban J connectivity index is 1.85. The van der Waals surface area contributed by atoms with Crippen LogP contribution in [-0.4, -0.2) is 31.7 Å². The Labute approximate surface area is 177 Å². The molecule has 0 fully saturated rings. The van der Waals surface area contributed by atoms with Crippen LogP contribution in [-0.2, 0) is 26.0 Å². The molecule has 2 aromatic carbocycles. The molecule has 0 saturated carbocycles. The van der Waals surface area contributed by atoms with Crippen molar-refractivity contribution in [2.24, 2.45) is 5.92 Å². The van der Waals surface area contributed by atoms with Crippen LogP contribution in [0.5, 0.6) is 0 Å². The summed E-state index contributed by atoms with van der Waals surface area (Å²) in [7, 11) is -3.82. The fourth-order valence-corrected chi connectivity index (χ4v) is 4.76. The largest absolute Gasteiger partial charge is 0.460 e. The summed E-state index contributed by atoms with van der Waals surface area (Å²) in [5.41, 5.74) is 2.67. The monoisotopic (exact) mass is 429 g/mol. The highest BCUT2D eigenvalue weighted by Crippen LogP contribution is 2.35. The maximum atomic E-state index is 13.0. The van der Waals surface area contributed by atoms with E-state index in [0.29, 0.717) is 6.42 Å². The predicted octanol–water partition coefficient (Wildman–Crippen LogP) is 3.06. The number of aliphatic hydroxyl groups excluding tert-OH is 1. The van der Waals surface area contributed by atoms with Gasteiger partial charge in [0.1, 0.15) is 6.10 Å². The summed E-state index contributed by atoms with van der Waals surface area (Å²) in [6.07, 6.45) is 1.92. The first-order chi connectivity index (χ1) is 14.2. The molecule has 0 amide bonds. The van der Waals surface area contributed by atoms with Crippen molar-refractivity contribution < 1.29 is 23.1 Å². The highest BCUT2D eigenvalue weighted by Gasteiger charge is 2.39. The molecule has 2 N–H and O–H groups in total. The Morgan fingerprint density at radius 3 is 2.53 bits per heavy atom. The summed E-state index contributed by atoms with van der Waals surface area (Å²) >= 11 is 0. The predicted molar refractivity (Wildman–Crippen MR) is 114 cm³/mol. The maximum Gasteiger partial charge on any atom is 0.311 e. The minimum Gasteiger partial charge on any atom is -0.460 e. The third-order valence-electron chi connectivity index (χ3n) is 5.34. The van der Waals surface area contributed by atoms with Gasteiger partial charge in [-0.05, 0) is 44.0 Å². The number of aryl methyl sites for hydroxylation is 1. The lowest BCUT2D eigenvalue weighted by atomic mass is 10.0. The lowest BCUT2D eigenvalue weighted by Crippen LogP contribution is -2.38. The molecule has 1 aliphatic rings. The van der Waals surface area contributed by atoms with Gasteiger partial charge in [-0.15, -0.1) is 0 Å². The average molecular weight is 430 g/mol. The van der Waals surface area contributed by atoms with E-state index >= 15 is 0 Å². The first-order valence-electron chi connectivity index (χ1n) is 9.91. The van der Waals surface area contributed by atoms with Gasteiger partial charge >= 0.3 is 5.97 Å². The Morgan fingerprint density at radius 1 is 1.20 bits per heavy atom. The SMILES string of the molecule is C/C=C/[C@H](O)[C@@H](C)C(=O)O[C@H]1Cc2ccccc2[C@H]1NS(=O)(=O)c1ccc(C)cc1. The van der Waals surface area contributed by atoms with E-state index in [1.807, 2.05) is 31.2 Å². The van der Waals surface area contributed by atoms with Gasteiger partial charge in [0.15, 0.2) is 0 Å². The van der Waals surface area contributed by atoms with Crippen LogP contribution in [0.1, 0.15) is 36.6 Å². The van der Waals surface area contributed by atoms with Crippen LogP contribution in [0.3, 0.4) is 0 Å². The molecule has 2 aromatic rings. The van der Waals surface area contributed by atoms with Crippen LogP contribution >= 0.6 is 0 Å². The molecule has 6 nitrogen and oxygen atoms in total. The van der Waals surface area contributed by atoms with Gasteiger partial charge in [0.25, 0.3) is 0 Å². The normalized spacial score (nSPS) is 20.7. The number of nitrogens with one attached hydrogen (secondary N) is 1. The summed E-state index contributed by atoms with van der Waals surface area (Å²) in [5, 5.41) is 10.1. The number of rotatable bonds is 7. The maximum absolute atomic E-state index is 13.0. The first-order valence-corrected chi connectivity index (χ1v) is 11.4. The summed E-state index contributed by atoms with van der Waals surface area (Å²) in [6.45, 7) is 5.22. The highest BCUT2D eigenvalue weighted by molar-refractivity contribution is 7.89. The molecule has 3 rings (SSSR count). The van der Waals surface area contributed by atoms with E-state index < -0.39 is 40.2 Å². The van der Waals surface area contributed by atoms with E-state index in [2.05, 4.69) is 4.72 Å². The van der Waals surface area contributed by atoms with Crippen molar-refractivity contribution >= 4 is 16.0 Å². The number of aliphatic hydroxyl groups is 1. The fourth-order valence-electron chi connectivity index (χ4n) is 3.52. The van der Waals surface area contributed by atoms with Crippen LogP contribution < -0.4 is 4.72 Å². The molecule has 4 atom stereocenters. The number of fused-ring (bicyclic) bond motifs is 1. The van der Waals surface area contributed by atoms with Crippen molar-refractivity contribution in [1.82, 2.24) is 4.72 Å². The van der Waals surface area contributed by atoms with Crippen LogP contribution in [0, 0.1) is 12.8 Å². The lowest BCUT2D eigenvalue weighted by molar-refractivity contribution is -0.157. The second kappa shape index (κ2) is 9.12. The average Bonchev–Trinajstić information content (AvgIpc) is 3.04. The van der Waals surface area contributed by atoms with Crippen LogP contribution in [0.2, 0.25) is 0 Å². The molecular formula is C23H27NO5S. The minimum absolute atomic E-state index is 0.152. The Morgan fingerprint density at radius 2 is 1.87 bits per heavy atom. The summed E-state index contributed by atoms with van der Waals surface area (Å²) < 4.78 is 34.3. The highest BCUT2D eigenvalue weighted by atomic mass is 32.2. The summed E-state index contributed by atoms with van der Waals surface area (Å²) in [5.74, 6) is -1.34. The van der Waals surface area contributed by atoms with E-state index in [-0.39, 0.29) is 4.90 Å². The quantitative estimate of drug-likeness (QED) is 0.521. The molecule has 0 radical (unpaired) electrons. The molecule has 0 bridgehead atoms. The van der Waals surface area contributed by atoms with Gasteiger partial charge in [0, 0.05) is 6.42 Å². The molecule has 0 aromatic heterocycles. The summed E-state index contributed by atoms with van der Waals surface area (Å²) in [4.78, 5) is 12.7. The van der Waals surface area contributed by atoms with Gasteiger partial charge in [-0.2, -0.15) is 4.72 Å². The topological polar surface area (TPSA) is 92.7 Å². The molecular weight excluding hydrogens is 402 g/mol. The third kappa shape index (κ3) is 4.80. The Bertz CT molecular complexity index is 1030. The van der Waals surface area contributed by atoms with Crippen molar-refractivity contribution in [3.63, 3.8) is 0 Å². The smallest absolute Gasteiger partial charge is 0.311 e. The fraction of sp³-hybridized carbons (Fsp3) is 0.348. The number of carbonyl (C=O) groups excluding carboxylic acids is 1. The van der Waals surface area contributed by atoms with Crippen molar-refractivity contribution in [3.05, 3.63) is 77.4 Å². The molecule has 0 unspecified atom stereocenters. The van der Waals surface area contributed by atoms with E-state index in [1.165, 1.54) is 6.08 Å². The minimum atomic E-state index is -3.82. The second-order valence-electron chi connectivity index (χ2n) is 7.60. The molecule has 0 spiro atoms. The van der Waals surface area contributed by atoms with Gasteiger partial charge in [-0.25, -0.2) is 8.42 Å². The standard InChI is InChI=1S/C23H27NO5S/c1-4-7-20(25)16(3)23(26)29-21-14-17-8-5-6-9-19(17)22(21)24-30(27,28)18-12-10-15(2)11-13-18/h4-13,16,20-22,24-25H,14H2,1-3H3/b7-4+/t16-,20+,21+,22-/m1/s1. The zero-order valence-corrected chi connectivity index (χ0v) is 18.1. The van der Waals surface area contributed by atoms with Gasteiger partial charge in [-0.3, -0.25) is 4.79 Å². The number of benzene rings is 2. The molecule has 7 heteroatoms. The number of ether oxygens (including phenoxy) is 1. The van der Waals surface area contributed by atoms with Gasteiger partial charge < -0.3 is 9.84 Å². The van der Waals surface area contributed by atoms with Crippen molar-refractivity contribution in [1.29, 1.82) is 0 Å². The van der Waals surface area contributed by atoms with E-state index in [4.69, 9.17) is 4.74 Å². The van der Waals surface area contributed by atoms with Crippen LogP contribution in [0.4, 0.5) is 0 Å². The second-order valence-corrected chi connectivity index (χ2v) is 9.31. The van der Waals surface area contributed by atoms with Gasteiger partial charge in [-0.1, -0.05) is 54.1 Å². The number of allylic oxidation sites excluding steroid dienone is 1. The van der Waals surface area contributed by atoms with Gasteiger partial charge in [0.2, 0.25) is 10.0 Å². The van der Waals surface area contributed by atoms with Gasteiger partial charge in [0.05, 0.1) is 23.0 Å². The van der Waals surface area contributed by atoms with E-state index in [1.54, 1.807) is 44.2 Å². The van der Waals surface area contributed by atoms with E-state index in [0.717, 1.165) is 16.7 Å². The molecule has 0 aliphatic heterocycles. The molecule has 0 saturated heterocycles. The Hall–Kier alpha value is -2.48. The number of hydrogen-bond donors (Lipinski definition) is 2. The zero-order valence-electron chi connectivity index (χ0n) is 17.3. The molecule has 30 heavy (non-hydrogen) atoms. The van der Waals surface area contributed by atoms with Crippen LogP contribution in [0.25, 0.3) is 0 Å². The van der Waals surface area contributed by atoms with Crippen molar-refractivity contribution in [2.75, 3.05) is 0 Å². The number of carbonyl (C=O) groups is 1. The van der Waals surface area contributed by atoms with Crippen molar-refractivity contribution in [2.45, 2.75) is 50.3 Å². The van der Waals surface area contributed by atoms with E-state index in [9.17, 15) is 18.3 Å². The van der Waals surface area contributed by atoms with Crippen LogP contribution in [0.15, 0.2) is 65.6 Å². The number of hydrogen-bond acceptors (Lipinski definition) is 5. The van der Waals surface area contributed by atoms with Crippen molar-refractivity contribution in [3.8, 4) is 0 Å². The molecule has 0 heterocycles. The Kier molecular flexibility index (Phi) is 6.75. The third-order valence-corrected chi connectivity index (χ3v) is 6.79. The molecule has 1 aliphatic carbocycles. The lowest BCUT2D eigenvalue weighted by Gasteiger charge is -2.24. The first kappa shape index (κ1) is 22.2. The summed E-state index contributed by atoms with van der Waals surface area (Å²) in [6, 6.07) is 13.3. The zero-order chi connectivity index (χ0) is 21.9. The number of sulfonamides is 1. The number of esters is 1.